The summed E-state index contributed by atoms with van der Waals surface area (Å²) in [6, 6.07) is 8.08. The van der Waals surface area contributed by atoms with Gasteiger partial charge in [0.2, 0.25) is 0 Å². The molecule has 3 unspecified atom stereocenters. The van der Waals surface area contributed by atoms with Crippen molar-refractivity contribution in [1.82, 2.24) is 14.9 Å². The van der Waals surface area contributed by atoms with Crippen LogP contribution in [0.15, 0.2) is 48.8 Å². The number of ether oxygens (including phenoxy) is 2. The van der Waals surface area contributed by atoms with E-state index in [1.807, 2.05) is 37.2 Å². The van der Waals surface area contributed by atoms with E-state index in [-0.39, 0.29) is 10.4 Å². The van der Waals surface area contributed by atoms with Crippen molar-refractivity contribution in [3.63, 3.8) is 0 Å². The molecule has 2 aromatic carbocycles. The van der Waals surface area contributed by atoms with Crippen LogP contribution in [0.25, 0.3) is 10.9 Å². The van der Waals surface area contributed by atoms with Gasteiger partial charge >= 0.3 is 0 Å². The second-order valence-electron chi connectivity index (χ2n) is 10.0. The van der Waals surface area contributed by atoms with E-state index in [2.05, 4.69) is 20.6 Å². The zero-order valence-electron chi connectivity index (χ0n) is 20.9. The Balaban J connectivity index is 1.45. The van der Waals surface area contributed by atoms with E-state index < -0.39 is 12.0 Å². The Morgan fingerprint density at radius 3 is 2.92 bits per heavy atom. The van der Waals surface area contributed by atoms with Crippen molar-refractivity contribution in [3.8, 4) is 5.75 Å². The van der Waals surface area contributed by atoms with Gasteiger partial charge in [-0.3, -0.25) is 0 Å². The first kappa shape index (κ1) is 25.7. The van der Waals surface area contributed by atoms with Crippen LogP contribution in [0.5, 0.6) is 5.75 Å². The van der Waals surface area contributed by atoms with Crippen LogP contribution in [0, 0.1) is 17.2 Å². The third-order valence-corrected chi connectivity index (χ3v) is 7.38. The molecule has 5 rings (SSSR count). The summed E-state index contributed by atoms with van der Waals surface area (Å²) >= 11 is 5.96. The van der Waals surface area contributed by atoms with Crippen LogP contribution >= 0.6 is 11.6 Å². The number of aromatic nitrogens is 2. The van der Waals surface area contributed by atoms with E-state index in [1.165, 1.54) is 18.5 Å². The predicted octanol–water partition coefficient (Wildman–Crippen LogP) is 4.82. The number of nitrogens with zero attached hydrogens (tertiary/aromatic N) is 3. The minimum atomic E-state index is -0.930. The molecule has 1 aromatic heterocycles. The minimum absolute atomic E-state index is 0.0126. The Labute approximate surface area is 220 Å². The zero-order chi connectivity index (χ0) is 26.0. The van der Waals surface area contributed by atoms with Crippen LogP contribution in [0.3, 0.4) is 0 Å². The van der Waals surface area contributed by atoms with Crippen LogP contribution in [-0.4, -0.2) is 66.7 Å². The summed E-state index contributed by atoms with van der Waals surface area (Å²) in [5, 5.41) is 17.7. The van der Waals surface area contributed by atoms with E-state index in [0.717, 1.165) is 19.4 Å². The van der Waals surface area contributed by atoms with Crippen molar-refractivity contribution < 1.29 is 19.0 Å². The average molecular weight is 528 g/mol. The van der Waals surface area contributed by atoms with Gasteiger partial charge in [0.1, 0.15) is 29.9 Å². The first-order valence-corrected chi connectivity index (χ1v) is 12.7. The molecule has 0 bridgehead atoms. The van der Waals surface area contributed by atoms with Crippen molar-refractivity contribution in [3.05, 3.63) is 59.7 Å². The molecule has 3 atom stereocenters. The number of hydrogen-bond acceptors (Lipinski definition) is 8. The van der Waals surface area contributed by atoms with Gasteiger partial charge in [0.15, 0.2) is 0 Å². The van der Waals surface area contributed by atoms with Crippen molar-refractivity contribution in [2.45, 2.75) is 19.1 Å². The van der Waals surface area contributed by atoms with Crippen molar-refractivity contribution in [2.75, 3.05) is 51.1 Å². The summed E-state index contributed by atoms with van der Waals surface area (Å²) < 4.78 is 25.7. The summed E-state index contributed by atoms with van der Waals surface area (Å²) in [5.41, 5.74) is 1.91. The van der Waals surface area contributed by atoms with Crippen LogP contribution in [-0.2, 0) is 4.74 Å². The van der Waals surface area contributed by atoms with Gasteiger partial charge in [-0.15, -0.1) is 0 Å². The molecule has 0 amide bonds. The highest BCUT2D eigenvalue weighted by molar-refractivity contribution is 6.31. The highest BCUT2D eigenvalue weighted by Gasteiger charge is 2.51. The third-order valence-electron chi connectivity index (χ3n) is 7.09. The van der Waals surface area contributed by atoms with Gasteiger partial charge in [-0.25, -0.2) is 14.4 Å². The number of hydrogen-bond donors (Lipinski definition) is 3. The Morgan fingerprint density at radius 2 is 2.19 bits per heavy atom. The van der Waals surface area contributed by atoms with E-state index in [9.17, 15) is 9.50 Å². The number of halogens is 2. The summed E-state index contributed by atoms with van der Waals surface area (Å²) in [7, 11) is 3.92. The quantitative estimate of drug-likeness (QED) is 0.255. The van der Waals surface area contributed by atoms with Gasteiger partial charge in [-0.2, -0.15) is 0 Å². The number of benzene rings is 2. The molecule has 3 N–H and O–H groups in total. The van der Waals surface area contributed by atoms with Crippen molar-refractivity contribution >= 4 is 39.7 Å². The lowest BCUT2D eigenvalue weighted by atomic mass is 9.63. The Bertz CT molecular complexity index is 1310. The molecule has 2 aliphatic rings. The van der Waals surface area contributed by atoms with E-state index in [4.69, 9.17) is 21.1 Å². The van der Waals surface area contributed by atoms with Gasteiger partial charge in [-0.1, -0.05) is 17.7 Å². The molecule has 10 heteroatoms. The number of anilines is 3. The number of aliphatic hydroxyl groups is 1. The lowest BCUT2D eigenvalue weighted by molar-refractivity contribution is 0.0197. The van der Waals surface area contributed by atoms with E-state index in [1.54, 1.807) is 12.1 Å². The lowest BCUT2D eigenvalue weighted by Crippen LogP contribution is -2.44. The standard InChI is InChI=1S/C27H31ClFN5O3/c1-34(2)9-3-4-25(35)33-23-11-19-22(12-24(23)37-15-27-8-7-17(27)13-36-14-27)30-16-31-26(19)32-18-5-6-21(29)20(28)10-18/h3-6,10-12,16-17,25,33,35H,7-9,13-15H2,1-2H3,(H,30,31,32). The molecule has 1 saturated carbocycles. The molecule has 196 valence electrons. The SMILES string of the molecule is CN(C)CC=CC(O)Nc1cc2c(Nc3ccc(F)c(Cl)c3)ncnc2cc1OCC12CCC1COC2. The van der Waals surface area contributed by atoms with Crippen LogP contribution in [0.2, 0.25) is 5.02 Å². The fraction of sp³-hybridized carbons (Fsp3) is 0.407. The number of fused-ring (bicyclic) bond motifs is 2. The first-order chi connectivity index (χ1) is 17.8. The number of nitrogens with one attached hydrogen (secondary N) is 2. The summed E-state index contributed by atoms with van der Waals surface area (Å²) in [6.45, 7) is 2.73. The van der Waals surface area contributed by atoms with Gasteiger partial charge in [-0.05, 0) is 63.2 Å². The molecule has 1 aliphatic heterocycles. The maximum Gasteiger partial charge on any atom is 0.144 e. The smallest absolute Gasteiger partial charge is 0.144 e. The van der Waals surface area contributed by atoms with Gasteiger partial charge in [0.25, 0.3) is 0 Å². The Kier molecular flexibility index (Phi) is 7.48. The maximum atomic E-state index is 13.6. The van der Waals surface area contributed by atoms with Crippen LogP contribution < -0.4 is 15.4 Å². The summed E-state index contributed by atoms with van der Waals surface area (Å²) in [5.74, 6) is 1.14. The van der Waals surface area contributed by atoms with E-state index in [0.29, 0.717) is 59.5 Å². The maximum absolute atomic E-state index is 13.6. The zero-order valence-corrected chi connectivity index (χ0v) is 21.6. The summed E-state index contributed by atoms with van der Waals surface area (Å²) in [4.78, 5) is 10.8. The fourth-order valence-corrected chi connectivity index (χ4v) is 4.98. The lowest BCUT2D eigenvalue weighted by Gasteiger charge is -2.42. The monoisotopic (exact) mass is 527 g/mol. The molecular formula is C27H31ClFN5O3. The summed E-state index contributed by atoms with van der Waals surface area (Å²) in [6.07, 6.45) is 6.36. The fourth-order valence-electron chi connectivity index (χ4n) is 4.80. The van der Waals surface area contributed by atoms with Crippen LogP contribution in [0.4, 0.5) is 21.6 Å². The second kappa shape index (κ2) is 10.8. The first-order valence-electron chi connectivity index (χ1n) is 12.3. The van der Waals surface area contributed by atoms with Crippen molar-refractivity contribution in [2.24, 2.45) is 11.3 Å². The van der Waals surface area contributed by atoms with Gasteiger partial charge in [0.05, 0.1) is 36.0 Å². The van der Waals surface area contributed by atoms with E-state index >= 15 is 0 Å². The molecule has 2 heterocycles. The largest absolute Gasteiger partial charge is 0.491 e. The second-order valence-corrected chi connectivity index (χ2v) is 10.4. The highest BCUT2D eigenvalue weighted by atomic mass is 35.5. The average Bonchev–Trinajstić information content (AvgIpc) is 3.13. The molecule has 3 aromatic rings. The molecular weight excluding hydrogens is 497 g/mol. The molecule has 0 spiro atoms. The molecule has 37 heavy (non-hydrogen) atoms. The Morgan fingerprint density at radius 1 is 1.32 bits per heavy atom. The predicted molar refractivity (Wildman–Crippen MR) is 143 cm³/mol. The van der Waals surface area contributed by atoms with Crippen LogP contribution in [0.1, 0.15) is 12.8 Å². The third kappa shape index (κ3) is 5.65. The molecule has 2 fully saturated rings. The molecule has 1 aliphatic carbocycles. The van der Waals surface area contributed by atoms with Crippen molar-refractivity contribution in [1.29, 1.82) is 0 Å². The number of likely N-dealkylation sites (N-methyl/N-ethyl adjacent to an activating group) is 1. The number of aliphatic hydroxyl groups excluding tert-OH is 1. The number of rotatable bonds is 10. The molecule has 0 radical (unpaired) electrons. The molecule has 8 nitrogen and oxygen atoms in total. The minimum Gasteiger partial charge on any atom is -0.491 e. The normalized spacial score (nSPS) is 21.7. The topological polar surface area (TPSA) is 91.8 Å². The molecule has 1 saturated heterocycles. The van der Waals surface area contributed by atoms with Gasteiger partial charge in [0, 0.05) is 29.1 Å². The highest BCUT2D eigenvalue weighted by Crippen LogP contribution is 2.51. The Hall–Kier alpha value is -2.98. The van der Waals surface area contributed by atoms with Gasteiger partial charge < -0.3 is 30.1 Å².